The lowest BCUT2D eigenvalue weighted by Crippen LogP contribution is -2.38. The standard InChI is InChI=1S/C15H23NO3/c1-11(17)13-7-4-8-14(18-3)15(13)19-12-6-5-9-16(2)10-12/h4,7-8,11-12,17H,5-6,9-10H2,1-3H3. The maximum atomic E-state index is 9.86. The average molecular weight is 265 g/mol. The fourth-order valence-electron chi connectivity index (χ4n) is 2.53. The average Bonchev–Trinajstić information content (AvgIpc) is 2.38. The summed E-state index contributed by atoms with van der Waals surface area (Å²) in [4.78, 5) is 2.27. The normalized spacial score (nSPS) is 22.0. The molecule has 0 saturated carbocycles. The quantitative estimate of drug-likeness (QED) is 0.906. The van der Waals surface area contributed by atoms with Crippen molar-refractivity contribution in [2.24, 2.45) is 0 Å². The van der Waals surface area contributed by atoms with E-state index in [1.807, 2.05) is 18.2 Å². The van der Waals surface area contributed by atoms with Crippen LogP contribution in [0.3, 0.4) is 0 Å². The van der Waals surface area contributed by atoms with Gasteiger partial charge in [-0.15, -0.1) is 0 Å². The van der Waals surface area contributed by atoms with Crippen molar-refractivity contribution in [3.8, 4) is 11.5 Å². The van der Waals surface area contributed by atoms with Crippen LogP contribution in [0.2, 0.25) is 0 Å². The molecule has 4 nitrogen and oxygen atoms in total. The topological polar surface area (TPSA) is 41.9 Å². The van der Waals surface area contributed by atoms with E-state index in [2.05, 4.69) is 11.9 Å². The number of piperidine rings is 1. The first-order valence-corrected chi connectivity index (χ1v) is 6.82. The van der Waals surface area contributed by atoms with Crippen molar-refractivity contribution >= 4 is 0 Å². The summed E-state index contributed by atoms with van der Waals surface area (Å²) in [7, 11) is 3.73. The van der Waals surface area contributed by atoms with E-state index in [4.69, 9.17) is 9.47 Å². The van der Waals surface area contributed by atoms with Crippen molar-refractivity contribution in [2.75, 3.05) is 27.2 Å². The highest BCUT2D eigenvalue weighted by Crippen LogP contribution is 2.36. The van der Waals surface area contributed by atoms with Crippen LogP contribution in [-0.4, -0.2) is 43.4 Å². The molecule has 2 atom stereocenters. The van der Waals surface area contributed by atoms with Gasteiger partial charge in [0.05, 0.1) is 13.2 Å². The first-order chi connectivity index (χ1) is 9.11. The summed E-state index contributed by atoms with van der Waals surface area (Å²) in [6, 6.07) is 5.63. The molecule has 0 aromatic heterocycles. The van der Waals surface area contributed by atoms with Gasteiger partial charge < -0.3 is 19.5 Å². The summed E-state index contributed by atoms with van der Waals surface area (Å²) < 4.78 is 11.5. The van der Waals surface area contributed by atoms with Crippen LogP contribution in [0, 0.1) is 0 Å². The van der Waals surface area contributed by atoms with Crippen molar-refractivity contribution in [1.82, 2.24) is 4.90 Å². The van der Waals surface area contributed by atoms with E-state index in [-0.39, 0.29) is 6.10 Å². The number of aliphatic hydroxyl groups is 1. The number of nitrogens with zero attached hydrogens (tertiary/aromatic N) is 1. The molecule has 19 heavy (non-hydrogen) atoms. The maximum absolute atomic E-state index is 9.86. The van der Waals surface area contributed by atoms with Crippen LogP contribution in [0.4, 0.5) is 0 Å². The molecular formula is C15H23NO3. The number of aliphatic hydroxyl groups excluding tert-OH is 1. The van der Waals surface area contributed by atoms with E-state index in [0.29, 0.717) is 11.5 Å². The van der Waals surface area contributed by atoms with Crippen molar-refractivity contribution in [2.45, 2.75) is 32.0 Å². The van der Waals surface area contributed by atoms with Crippen LogP contribution in [0.25, 0.3) is 0 Å². The Balaban J connectivity index is 2.22. The Morgan fingerprint density at radius 3 is 2.84 bits per heavy atom. The van der Waals surface area contributed by atoms with Gasteiger partial charge in [-0.25, -0.2) is 0 Å². The van der Waals surface area contributed by atoms with E-state index in [0.717, 1.165) is 31.5 Å². The zero-order valence-corrected chi connectivity index (χ0v) is 11.9. The number of rotatable bonds is 4. The van der Waals surface area contributed by atoms with Crippen LogP contribution in [-0.2, 0) is 0 Å². The van der Waals surface area contributed by atoms with Gasteiger partial charge in [0.2, 0.25) is 0 Å². The second kappa shape index (κ2) is 6.26. The third-order valence-electron chi connectivity index (χ3n) is 3.55. The number of likely N-dealkylation sites (tertiary alicyclic amines) is 1. The Bertz CT molecular complexity index is 420. The highest BCUT2D eigenvalue weighted by atomic mass is 16.5. The summed E-state index contributed by atoms with van der Waals surface area (Å²) >= 11 is 0. The van der Waals surface area contributed by atoms with Crippen LogP contribution >= 0.6 is 0 Å². The summed E-state index contributed by atoms with van der Waals surface area (Å²) in [5.41, 5.74) is 0.785. The Labute approximate surface area is 114 Å². The molecule has 0 amide bonds. The van der Waals surface area contributed by atoms with Gasteiger partial charge in [0, 0.05) is 12.1 Å². The predicted octanol–water partition coefficient (Wildman–Crippen LogP) is 2.22. The lowest BCUT2D eigenvalue weighted by atomic mass is 10.1. The van der Waals surface area contributed by atoms with Crippen LogP contribution in [0.5, 0.6) is 11.5 Å². The number of hydrogen-bond acceptors (Lipinski definition) is 4. The van der Waals surface area contributed by atoms with Crippen LogP contribution in [0.15, 0.2) is 18.2 Å². The third kappa shape index (κ3) is 3.39. The number of ether oxygens (including phenoxy) is 2. The number of para-hydroxylation sites is 1. The highest BCUT2D eigenvalue weighted by Gasteiger charge is 2.22. The van der Waals surface area contributed by atoms with Crippen molar-refractivity contribution in [1.29, 1.82) is 0 Å². The molecule has 1 fully saturated rings. The van der Waals surface area contributed by atoms with Crippen molar-refractivity contribution < 1.29 is 14.6 Å². The lowest BCUT2D eigenvalue weighted by Gasteiger charge is -2.31. The fourth-order valence-corrected chi connectivity index (χ4v) is 2.53. The zero-order chi connectivity index (χ0) is 13.8. The van der Waals surface area contributed by atoms with Crippen molar-refractivity contribution in [3.63, 3.8) is 0 Å². The maximum Gasteiger partial charge on any atom is 0.167 e. The molecule has 2 unspecified atom stereocenters. The number of hydrogen-bond donors (Lipinski definition) is 1. The van der Waals surface area contributed by atoms with E-state index < -0.39 is 6.10 Å². The molecule has 0 aliphatic carbocycles. The molecule has 106 valence electrons. The monoisotopic (exact) mass is 265 g/mol. The number of likely N-dealkylation sites (N-methyl/N-ethyl adjacent to an activating group) is 1. The molecule has 4 heteroatoms. The molecule has 2 rings (SSSR count). The van der Waals surface area contributed by atoms with Crippen LogP contribution in [0.1, 0.15) is 31.4 Å². The highest BCUT2D eigenvalue weighted by molar-refractivity contribution is 5.47. The van der Waals surface area contributed by atoms with Gasteiger partial charge in [0.15, 0.2) is 11.5 Å². The smallest absolute Gasteiger partial charge is 0.167 e. The third-order valence-corrected chi connectivity index (χ3v) is 3.55. The molecule has 0 radical (unpaired) electrons. The van der Waals surface area contributed by atoms with E-state index in [1.165, 1.54) is 0 Å². The largest absolute Gasteiger partial charge is 0.493 e. The molecule has 0 bridgehead atoms. The summed E-state index contributed by atoms with van der Waals surface area (Å²) in [6.45, 7) is 3.78. The summed E-state index contributed by atoms with van der Waals surface area (Å²) in [6.07, 6.45) is 1.78. The van der Waals surface area contributed by atoms with E-state index in [1.54, 1.807) is 14.0 Å². The van der Waals surface area contributed by atoms with Gasteiger partial charge in [0.25, 0.3) is 0 Å². The molecule has 1 heterocycles. The molecule has 1 aliphatic heterocycles. The van der Waals surface area contributed by atoms with Gasteiger partial charge in [-0.05, 0) is 39.4 Å². The summed E-state index contributed by atoms with van der Waals surface area (Å²) in [5, 5.41) is 9.86. The minimum Gasteiger partial charge on any atom is -0.493 e. The van der Waals surface area contributed by atoms with E-state index in [9.17, 15) is 5.11 Å². The molecule has 1 saturated heterocycles. The minimum atomic E-state index is -0.563. The minimum absolute atomic E-state index is 0.160. The van der Waals surface area contributed by atoms with E-state index >= 15 is 0 Å². The lowest BCUT2D eigenvalue weighted by molar-refractivity contribution is 0.0960. The van der Waals surface area contributed by atoms with Gasteiger partial charge >= 0.3 is 0 Å². The Morgan fingerprint density at radius 2 is 2.21 bits per heavy atom. The van der Waals surface area contributed by atoms with Crippen molar-refractivity contribution in [3.05, 3.63) is 23.8 Å². The van der Waals surface area contributed by atoms with Gasteiger partial charge in [-0.3, -0.25) is 0 Å². The van der Waals surface area contributed by atoms with Gasteiger partial charge in [-0.1, -0.05) is 12.1 Å². The Kier molecular flexibility index (Phi) is 4.66. The zero-order valence-electron chi connectivity index (χ0n) is 11.9. The molecule has 1 N–H and O–H groups in total. The molecule has 1 aromatic carbocycles. The van der Waals surface area contributed by atoms with Crippen LogP contribution < -0.4 is 9.47 Å². The Hall–Kier alpha value is -1.26. The predicted molar refractivity (Wildman–Crippen MR) is 74.8 cm³/mol. The first kappa shape index (κ1) is 14.2. The molecule has 0 spiro atoms. The second-order valence-electron chi connectivity index (χ2n) is 5.20. The summed E-state index contributed by atoms with van der Waals surface area (Å²) in [5.74, 6) is 1.37. The van der Waals surface area contributed by atoms with Gasteiger partial charge in [0.1, 0.15) is 6.10 Å². The second-order valence-corrected chi connectivity index (χ2v) is 5.20. The SMILES string of the molecule is COc1cccc(C(C)O)c1OC1CCCN(C)C1. The Morgan fingerprint density at radius 1 is 1.42 bits per heavy atom. The van der Waals surface area contributed by atoms with Gasteiger partial charge in [-0.2, -0.15) is 0 Å². The molecule has 1 aromatic rings. The fraction of sp³-hybridized carbons (Fsp3) is 0.600. The number of methoxy groups -OCH3 is 1. The molecule has 1 aliphatic rings. The first-order valence-electron chi connectivity index (χ1n) is 6.82. The molecular weight excluding hydrogens is 242 g/mol. The number of benzene rings is 1.